The van der Waals surface area contributed by atoms with Crippen molar-refractivity contribution in [3.05, 3.63) is 77.4 Å². The summed E-state index contributed by atoms with van der Waals surface area (Å²) in [6, 6.07) is 11.6. The lowest BCUT2D eigenvalue weighted by molar-refractivity contribution is -0.108. The molecule has 0 saturated carbocycles. The molecular formula is C20H20ClN5O. The van der Waals surface area contributed by atoms with Gasteiger partial charge in [-0.3, -0.25) is 9.79 Å². The van der Waals surface area contributed by atoms with Crippen molar-refractivity contribution in [2.75, 3.05) is 0 Å². The molecule has 7 heteroatoms. The maximum Gasteiger partial charge on any atom is 0.211 e. The Labute approximate surface area is 162 Å². The van der Waals surface area contributed by atoms with Gasteiger partial charge in [0.15, 0.2) is 5.65 Å². The number of nitrogens with zero attached hydrogens (tertiary/aromatic N) is 4. The van der Waals surface area contributed by atoms with E-state index in [0.717, 1.165) is 22.6 Å². The SMILES string of the molecule is C=N/C=C\C(=C/C)NC=O.Cc1cnc2ccc(-c3ccccc3Cl)nn12. The molecule has 2 heterocycles. The van der Waals surface area contributed by atoms with Crippen LogP contribution in [-0.4, -0.2) is 27.7 Å². The highest BCUT2D eigenvalue weighted by atomic mass is 35.5. The van der Waals surface area contributed by atoms with Crippen molar-refractivity contribution < 1.29 is 4.79 Å². The molecule has 0 fully saturated rings. The normalized spacial score (nSPS) is 11.1. The van der Waals surface area contributed by atoms with E-state index in [2.05, 4.69) is 27.1 Å². The Kier molecular flexibility index (Phi) is 7.46. The second kappa shape index (κ2) is 10.0. The zero-order chi connectivity index (χ0) is 19.6. The van der Waals surface area contributed by atoms with Crippen LogP contribution in [0.1, 0.15) is 12.6 Å². The molecule has 0 radical (unpaired) electrons. The molecule has 2 aromatic heterocycles. The molecule has 1 N–H and O–H groups in total. The number of nitrogens with one attached hydrogen (secondary N) is 1. The van der Waals surface area contributed by atoms with Crippen LogP contribution in [0.5, 0.6) is 0 Å². The highest BCUT2D eigenvalue weighted by Gasteiger charge is 2.06. The van der Waals surface area contributed by atoms with Crippen molar-refractivity contribution in [3.63, 3.8) is 0 Å². The maximum absolute atomic E-state index is 9.91. The molecule has 1 aromatic carbocycles. The molecule has 138 valence electrons. The van der Waals surface area contributed by atoms with Crippen LogP contribution in [0.4, 0.5) is 0 Å². The van der Waals surface area contributed by atoms with Crippen molar-refractivity contribution in [1.82, 2.24) is 19.9 Å². The Morgan fingerprint density at radius 3 is 2.74 bits per heavy atom. The van der Waals surface area contributed by atoms with Gasteiger partial charge in [0.25, 0.3) is 0 Å². The second-order valence-corrected chi connectivity index (χ2v) is 5.78. The Morgan fingerprint density at radius 1 is 1.30 bits per heavy atom. The minimum Gasteiger partial charge on any atom is -0.329 e. The summed E-state index contributed by atoms with van der Waals surface area (Å²) in [5.74, 6) is 0. The highest BCUT2D eigenvalue weighted by Crippen LogP contribution is 2.25. The molecule has 0 bridgehead atoms. The van der Waals surface area contributed by atoms with Crippen molar-refractivity contribution >= 4 is 30.4 Å². The molecule has 0 saturated heterocycles. The first kappa shape index (κ1) is 20.1. The van der Waals surface area contributed by atoms with Crippen molar-refractivity contribution in [3.8, 4) is 11.3 Å². The van der Waals surface area contributed by atoms with E-state index in [1.807, 2.05) is 54.8 Å². The lowest BCUT2D eigenvalue weighted by Gasteiger charge is -2.04. The Morgan fingerprint density at radius 2 is 2.07 bits per heavy atom. The molecule has 0 aliphatic carbocycles. The number of aromatic nitrogens is 3. The van der Waals surface area contributed by atoms with E-state index in [9.17, 15) is 4.79 Å². The van der Waals surface area contributed by atoms with E-state index in [4.69, 9.17) is 11.6 Å². The first-order valence-electron chi connectivity index (χ1n) is 8.16. The largest absolute Gasteiger partial charge is 0.329 e. The van der Waals surface area contributed by atoms with Crippen LogP contribution in [0.3, 0.4) is 0 Å². The van der Waals surface area contributed by atoms with Gasteiger partial charge in [-0.25, -0.2) is 9.50 Å². The fraction of sp³-hybridized carbons (Fsp3) is 0.100. The molecule has 1 amide bonds. The van der Waals surface area contributed by atoms with E-state index in [-0.39, 0.29) is 0 Å². The topological polar surface area (TPSA) is 71.7 Å². The minimum atomic E-state index is 0.614. The number of fused-ring (bicyclic) bond motifs is 1. The third-order valence-electron chi connectivity index (χ3n) is 3.58. The molecule has 27 heavy (non-hydrogen) atoms. The quantitative estimate of drug-likeness (QED) is 0.409. The first-order chi connectivity index (χ1) is 13.1. The van der Waals surface area contributed by atoms with Crippen LogP contribution in [0, 0.1) is 6.92 Å². The molecule has 3 aromatic rings. The lowest BCUT2D eigenvalue weighted by Crippen LogP contribution is -2.07. The van der Waals surface area contributed by atoms with Gasteiger partial charge in [0.05, 0.1) is 22.6 Å². The number of amides is 1. The van der Waals surface area contributed by atoms with Gasteiger partial charge in [-0.2, -0.15) is 5.10 Å². The average Bonchev–Trinajstić information content (AvgIpc) is 3.06. The fourth-order valence-corrected chi connectivity index (χ4v) is 2.46. The van der Waals surface area contributed by atoms with E-state index in [1.165, 1.54) is 6.20 Å². The predicted molar refractivity (Wildman–Crippen MR) is 110 cm³/mol. The standard InChI is InChI=1S/C13H10ClN3.C7H10N2O/c1-9-8-15-13-7-6-12(16-17(9)13)10-4-2-3-5-11(10)14;1-3-7(9-6-10)4-5-8-2/h2-8H,1H3;3-6H,2H2,1H3,(H,9,10)/b;5-4-,7-3+. The minimum absolute atomic E-state index is 0.614. The van der Waals surface area contributed by atoms with E-state index in [1.54, 1.807) is 18.3 Å². The Hall–Kier alpha value is -3.25. The van der Waals surface area contributed by atoms with Gasteiger partial charge < -0.3 is 5.32 Å². The number of carbonyl (C=O) groups excluding carboxylic acids is 1. The molecule has 0 spiro atoms. The molecular weight excluding hydrogens is 362 g/mol. The predicted octanol–water partition coefficient (Wildman–Crippen LogP) is 4.21. The first-order valence-corrected chi connectivity index (χ1v) is 8.53. The summed E-state index contributed by atoms with van der Waals surface area (Å²) in [6.45, 7) is 7.04. The van der Waals surface area contributed by atoms with Crippen LogP contribution < -0.4 is 5.32 Å². The summed E-state index contributed by atoms with van der Waals surface area (Å²) in [5.41, 5.74) is 4.35. The number of hydrogen-bond acceptors (Lipinski definition) is 4. The number of allylic oxidation sites excluding steroid dienone is 2. The lowest BCUT2D eigenvalue weighted by atomic mass is 10.1. The number of rotatable bonds is 5. The maximum atomic E-state index is 9.91. The zero-order valence-corrected chi connectivity index (χ0v) is 15.9. The van der Waals surface area contributed by atoms with Crippen molar-refractivity contribution in [2.24, 2.45) is 4.99 Å². The third-order valence-corrected chi connectivity index (χ3v) is 3.91. The van der Waals surface area contributed by atoms with Gasteiger partial charge in [0, 0.05) is 17.5 Å². The number of imidazole rings is 1. The van der Waals surface area contributed by atoms with Gasteiger partial charge in [-0.05, 0) is 44.8 Å². The number of aliphatic imine (C=N–C) groups is 1. The number of halogens is 1. The number of aryl methyl sites for hydroxylation is 1. The van der Waals surface area contributed by atoms with Gasteiger partial charge in [-0.15, -0.1) is 0 Å². The van der Waals surface area contributed by atoms with Gasteiger partial charge >= 0.3 is 0 Å². The third kappa shape index (κ3) is 5.36. The molecule has 0 aliphatic heterocycles. The zero-order valence-electron chi connectivity index (χ0n) is 15.1. The summed E-state index contributed by atoms with van der Waals surface area (Å²) in [5, 5.41) is 7.71. The number of benzene rings is 1. The summed E-state index contributed by atoms with van der Waals surface area (Å²) in [6.07, 6.45) is 7.34. The Bertz CT molecular complexity index is 991. The van der Waals surface area contributed by atoms with E-state index < -0.39 is 0 Å². The van der Waals surface area contributed by atoms with Crippen LogP contribution in [0.15, 0.2) is 71.6 Å². The summed E-state index contributed by atoms with van der Waals surface area (Å²) in [7, 11) is 0. The molecule has 3 rings (SSSR count). The van der Waals surface area contributed by atoms with Crippen molar-refractivity contribution in [2.45, 2.75) is 13.8 Å². The molecule has 0 atom stereocenters. The van der Waals surface area contributed by atoms with Gasteiger partial charge in [-0.1, -0.05) is 35.9 Å². The molecule has 0 aliphatic rings. The van der Waals surface area contributed by atoms with Crippen LogP contribution in [-0.2, 0) is 4.79 Å². The smallest absolute Gasteiger partial charge is 0.211 e. The van der Waals surface area contributed by atoms with Crippen LogP contribution >= 0.6 is 11.6 Å². The summed E-state index contributed by atoms with van der Waals surface area (Å²) in [4.78, 5) is 17.6. The van der Waals surface area contributed by atoms with Gasteiger partial charge in [0.2, 0.25) is 6.41 Å². The average molecular weight is 382 g/mol. The summed E-state index contributed by atoms with van der Waals surface area (Å²) < 4.78 is 1.82. The van der Waals surface area contributed by atoms with Crippen LogP contribution in [0.25, 0.3) is 16.9 Å². The number of hydrogen-bond donors (Lipinski definition) is 1. The summed E-state index contributed by atoms with van der Waals surface area (Å²) >= 11 is 6.16. The van der Waals surface area contributed by atoms with Crippen molar-refractivity contribution in [1.29, 1.82) is 0 Å². The van der Waals surface area contributed by atoms with Gasteiger partial charge in [0.1, 0.15) is 0 Å². The fourth-order valence-electron chi connectivity index (χ4n) is 2.23. The second-order valence-electron chi connectivity index (χ2n) is 5.37. The highest BCUT2D eigenvalue weighted by molar-refractivity contribution is 6.33. The monoisotopic (exact) mass is 381 g/mol. The van der Waals surface area contributed by atoms with E-state index in [0.29, 0.717) is 17.1 Å². The molecule has 0 unspecified atom stereocenters. The molecule has 6 nitrogen and oxygen atoms in total. The Balaban J connectivity index is 0.000000227. The van der Waals surface area contributed by atoms with Crippen LogP contribution in [0.2, 0.25) is 5.02 Å². The number of carbonyl (C=O) groups is 1. The van der Waals surface area contributed by atoms with E-state index >= 15 is 0 Å².